The maximum Gasteiger partial charge on any atom is 0.124 e. The van der Waals surface area contributed by atoms with Gasteiger partial charge in [-0.2, -0.15) is 0 Å². The van der Waals surface area contributed by atoms with Crippen LogP contribution in [0.15, 0.2) is 24.3 Å². The van der Waals surface area contributed by atoms with E-state index >= 15 is 0 Å². The van der Waals surface area contributed by atoms with E-state index in [-0.39, 0.29) is 0 Å². The lowest BCUT2D eigenvalue weighted by molar-refractivity contribution is 0.206. The molecule has 1 saturated carbocycles. The number of rotatable bonds is 7. The molecule has 1 N–H and O–H groups in total. The quantitative estimate of drug-likeness (QED) is 0.778. The van der Waals surface area contributed by atoms with Gasteiger partial charge in [-0.05, 0) is 37.8 Å². The van der Waals surface area contributed by atoms with Crippen LogP contribution >= 0.6 is 0 Å². The predicted octanol–water partition coefficient (Wildman–Crippen LogP) is 4.71. The van der Waals surface area contributed by atoms with Gasteiger partial charge in [-0.1, -0.05) is 51.3 Å². The van der Waals surface area contributed by atoms with Crippen molar-refractivity contribution in [2.45, 2.75) is 58.4 Å². The van der Waals surface area contributed by atoms with Crippen LogP contribution in [-0.4, -0.2) is 13.2 Å². The van der Waals surface area contributed by atoms with Crippen molar-refractivity contribution in [3.63, 3.8) is 0 Å². The molecule has 1 aliphatic carbocycles. The van der Waals surface area contributed by atoms with E-state index in [1.165, 1.54) is 37.7 Å². The Morgan fingerprint density at radius 1 is 1.15 bits per heavy atom. The van der Waals surface area contributed by atoms with E-state index in [0.29, 0.717) is 6.04 Å². The summed E-state index contributed by atoms with van der Waals surface area (Å²) in [7, 11) is 0. The molecule has 2 rings (SSSR count). The maximum absolute atomic E-state index is 6.17. The van der Waals surface area contributed by atoms with Gasteiger partial charge in [0.2, 0.25) is 0 Å². The van der Waals surface area contributed by atoms with Crippen LogP contribution in [0.2, 0.25) is 0 Å². The molecule has 0 bridgehead atoms. The lowest BCUT2D eigenvalue weighted by Crippen LogP contribution is -2.22. The summed E-state index contributed by atoms with van der Waals surface area (Å²) in [6.45, 7) is 6.27. The van der Waals surface area contributed by atoms with Gasteiger partial charge in [0.15, 0.2) is 0 Å². The molecule has 0 radical (unpaired) electrons. The van der Waals surface area contributed by atoms with Crippen LogP contribution in [-0.2, 0) is 0 Å². The van der Waals surface area contributed by atoms with Crippen molar-refractivity contribution in [1.29, 1.82) is 0 Å². The van der Waals surface area contributed by atoms with Gasteiger partial charge in [-0.25, -0.2) is 0 Å². The number of hydrogen-bond donors (Lipinski definition) is 1. The van der Waals surface area contributed by atoms with E-state index in [0.717, 1.165) is 31.2 Å². The van der Waals surface area contributed by atoms with Crippen molar-refractivity contribution in [2.24, 2.45) is 5.92 Å². The van der Waals surface area contributed by atoms with Crippen LogP contribution < -0.4 is 10.1 Å². The van der Waals surface area contributed by atoms with Crippen LogP contribution in [0, 0.1) is 5.92 Å². The summed E-state index contributed by atoms with van der Waals surface area (Å²) in [5.41, 5.74) is 1.31. The van der Waals surface area contributed by atoms with E-state index in [2.05, 4.69) is 43.4 Å². The Bertz CT molecular complexity index is 385. The van der Waals surface area contributed by atoms with Crippen LogP contribution in [0.5, 0.6) is 5.75 Å². The lowest BCUT2D eigenvalue weighted by atomic mass is 9.90. The molecule has 1 unspecified atom stereocenters. The highest BCUT2D eigenvalue weighted by atomic mass is 16.5. The molecule has 0 amide bonds. The first-order chi connectivity index (χ1) is 9.85. The van der Waals surface area contributed by atoms with E-state index in [9.17, 15) is 0 Å². The summed E-state index contributed by atoms with van der Waals surface area (Å²) in [4.78, 5) is 0. The molecule has 0 heterocycles. The van der Waals surface area contributed by atoms with Gasteiger partial charge >= 0.3 is 0 Å². The summed E-state index contributed by atoms with van der Waals surface area (Å²) in [5, 5.41) is 3.55. The number of ether oxygens (including phenoxy) is 1. The van der Waals surface area contributed by atoms with Gasteiger partial charge in [0, 0.05) is 11.6 Å². The Labute approximate surface area is 123 Å². The fraction of sp³-hybridized carbons (Fsp3) is 0.667. The predicted molar refractivity (Wildman–Crippen MR) is 85.2 cm³/mol. The molecule has 2 nitrogen and oxygen atoms in total. The number of hydrogen-bond acceptors (Lipinski definition) is 2. The summed E-state index contributed by atoms with van der Waals surface area (Å²) < 4.78 is 6.17. The second-order valence-electron chi connectivity index (χ2n) is 5.87. The van der Waals surface area contributed by atoms with E-state index in [4.69, 9.17) is 4.74 Å². The summed E-state index contributed by atoms with van der Waals surface area (Å²) in [6, 6.07) is 8.93. The van der Waals surface area contributed by atoms with Crippen molar-refractivity contribution in [2.75, 3.05) is 13.2 Å². The second-order valence-corrected chi connectivity index (χ2v) is 5.87. The standard InChI is InChI=1S/C18H29NO/c1-3-17(19-4-2)16-12-8-9-13-18(16)20-14-15-10-6-5-7-11-15/h8-9,12-13,15,17,19H,3-7,10-11,14H2,1-2H3. The zero-order valence-electron chi connectivity index (χ0n) is 13.0. The first kappa shape index (κ1) is 15.4. The molecule has 112 valence electrons. The minimum Gasteiger partial charge on any atom is -0.493 e. The number of para-hydroxylation sites is 1. The molecule has 1 aliphatic rings. The number of nitrogens with one attached hydrogen (secondary N) is 1. The topological polar surface area (TPSA) is 21.3 Å². The molecular formula is C18H29NO. The molecule has 0 spiro atoms. The Morgan fingerprint density at radius 2 is 1.90 bits per heavy atom. The third kappa shape index (κ3) is 4.24. The molecule has 2 heteroatoms. The highest BCUT2D eigenvalue weighted by Gasteiger charge is 2.17. The molecule has 1 aromatic carbocycles. The Morgan fingerprint density at radius 3 is 2.60 bits per heavy atom. The van der Waals surface area contributed by atoms with Gasteiger partial charge in [-0.15, -0.1) is 0 Å². The van der Waals surface area contributed by atoms with Crippen LogP contribution in [0.25, 0.3) is 0 Å². The lowest BCUT2D eigenvalue weighted by Gasteiger charge is -2.24. The molecule has 0 saturated heterocycles. The smallest absolute Gasteiger partial charge is 0.124 e. The largest absolute Gasteiger partial charge is 0.493 e. The van der Waals surface area contributed by atoms with E-state index in [1.807, 2.05) is 0 Å². The summed E-state index contributed by atoms with van der Waals surface area (Å²) >= 11 is 0. The second kappa shape index (κ2) is 8.31. The number of benzene rings is 1. The highest BCUT2D eigenvalue weighted by Crippen LogP contribution is 2.29. The van der Waals surface area contributed by atoms with Gasteiger partial charge in [0.05, 0.1) is 6.61 Å². The summed E-state index contributed by atoms with van der Waals surface area (Å²) in [5.74, 6) is 1.84. The SMILES string of the molecule is CCNC(CC)c1ccccc1OCC1CCCCC1. The van der Waals surface area contributed by atoms with Crippen molar-refractivity contribution >= 4 is 0 Å². The summed E-state index contributed by atoms with van der Waals surface area (Å²) in [6.07, 6.45) is 7.94. The van der Waals surface area contributed by atoms with Crippen LogP contribution in [0.1, 0.15) is 64.0 Å². The third-order valence-electron chi connectivity index (χ3n) is 4.35. The average molecular weight is 275 g/mol. The van der Waals surface area contributed by atoms with Crippen LogP contribution in [0.4, 0.5) is 0 Å². The molecule has 1 aromatic rings. The molecule has 20 heavy (non-hydrogen) atoms. The minimum absolute atomic E-state index is 0.405. The van der Waals surface area contributed by atoms with Gasteiger partial charge < -0.3 is 10.1 Å². The maximum atomic E-state index is 6.17. The first-order valence-electron chi connectivity index (χ1n) is 8.30. The Hall–Kier alpha value is -1.02. The molecule has 0 aromatic heterocycles. The average Bonchev–Trinajstić information content (AvgIpc) is 2.52. The normalized spacial score (nSPS) is 17.9. The van der Waals surface area contributed by atoms with Crippen LogP contribution in [0.3, 0.4) is 0 Å². The minimum atomic E-state index is 0.405. The van der Waals surface area contributed by atoms with Gasteiger partial charge in [0.1, 0.15) is 5.75 Å². The monoisotopic (exact) mass is 275 g/mol. The molecule has 0 aliphatic heterocycles. The Balaban J connectivity index is 1.99. The first-order valence-corrected chi connectivity index (χ1v) is 8.30. The van der Waals surface area contributed by atoms with Crippen molar-refractivity contribution in [1.82, 2.24) is 5.32 Å². The third-order valence-corrected chi connectivity index (χ3v) is 4.35. The zero-order chi connectivity index (χ0) is 14.2. The van der Waals surface area contributed by atoms with Crippen molar-refractivity contribution in [3.8, 4) is 5.75 Å². The molecule has 1 fully saturated rings. The van der Waals surface area contributed by atoms with Crippen molar-refractivity contribution in [3.05, 3.63) is 29.8 Å². The van der Waals surface area contributed by atoms with Gasteiger partial charge in [-0.3, -0.25) is 0 Å². The van der Waals surface area contributed by atoms with E-state index in [1.54, 1.807) is 0 Å². The fourth-order valence-corrected chi connectivity index (χ4v) is 3.18. The highest BCUT2D eigenvalue weighted by molar-refractivity contribution is 5.36. The fourth-order valence-electron chi connectivity index (χ4n) is 3.18. The van der Waals surface area contributed by atoms with E-state index < -0.39 is 0 Å². The van der Waals surface area contributed by atoms with Crippen molar-refractivity contribution < 1.29 is 4.74 Å². The van der Waals surface area contributed by atoms with Gasteiger partial charge in [0.25, 0.3) is 0 Å². The zero-order valence-corrected chi connectivity index (χ0v) is 13.0. The molecule has 1 atom stereocenters. The Kier molecular flexibility index (Phi) is 6.38. The molecular weight excluding hydrogens is 246 g/mol.